The van der Waals surface area contributed by atoms with Crippen molar-refractivity contribution in [1.82, 2.24) is 9.55 Å². The van der Waals surface area contributed by atoms with E-state index in [4.69, 9.17) is 13.6 Å². The molecule has 8 heavy (non-hydrogen) atoms. The van der Waals surface area contributed by atoms with Crippen LogP contribution in [0.4, 0.5) is 0 Å². The van der Waals surface area contributed by atoms with Crippen LogP contribution in [-0.4, -0.2) is 9.55 Å². The van der Waals surface area contributed by atoms with Gasteiger partial charge in [0.2, 0.25) is 0 Å². The van der Waals surface area contributed by atoms with Crippen LogP contribution in [0.5, 0.6) is 0 Å². The van der Waals surface area contributed by atoms with Gasteiger partial charge in [-0.3, -0.25) is 0 Å². The first-order chi connectivity index (χ1) is 4.20. The Morgan fingerprint density at radius 2 is 2.75 bits per heavy atom. The monoisotopic (exact) mass is 127 g/mol. The molecular formula is C5H6N2S. The van der Waals surface area contributed by atoms with Crippen LogP contribution in [-0.2, 0) is 7.05 Å². The van der Waals surface area contributed by atoms with Crippen LogP contribution in [0, 0.1) is 4.64 Å². The molecule has 0 saturated carbocycles. The number of nitrogens with zero attached hydrogens (tertiary/aromatic N) is 2. The Bertz CT molecular complexity index is 268. The highest BCUT2D eigenvalue weighted by Crippen LogP contribution is 1.81. The Morgan fingerprint density at radius 1 is 2.00 bits per heavy atom. The summed E-state index contributed by atoms with van der Waals surface area (Å²) in [6, 6.07) is 0.301. The number of hydrogen-bond donors (Lipinski definition) is 0. The van der Waals surface area contributed by atoms with Crippen molar-refractivity contribution in [3.05, 3.63) is 23.2 Å². The average molecular weight is 127 g/mol. The van der Waals surface area contributed by atoms with Gasteiger partial charge in [-0.1, -0.05) is 12.2 Å². The second-order valence-corrected chi connectivity index (χ2v) is 1.88. The van der Waals surface area contributed by atoms with Gasteiger partial charge >= 0.3 is 0 Å². The molecule has 1 rings (SSSR count). The van der Waals surface area contributed by atoms with E-state index >= 15 is 0 Å². The molecule has 3 heteroatoms. The fraction of sp³-hybridized carbons (Fsp3) is 0.200. The van der Waals surface area contributed by atoms with E-state index in [2.05, 4.69) is 4.98 Å². The molecule has 0 unspecified atom stereocenters. The van der Waals surface area contributed by atoms with E-state index in [0.717, 1.165) is 0 Å². The minimum Gasteiger partial charge on any atom is -0.342 e. The molecule has 0 aliphatic carbocycles. The van der Waals surface area contributed by atoms with Gasteiger partial charge in [0, 0.05) is 13.2 Å². The van der Waals surface area contributed by atoms with Crippen LogP contribution >= 0.6 is 12.2 Å². The lowest BCUT2D eigenvalue weighted by molar-refractivity contribution is 0.860. The molecule has 0 aromatic carbocycles. The van der Waals surface area contributed by atoms with Crippen molar-refractivity contribution in [3.63, 3.8) is 0 Å². The minimum atomic E-state index is 0.301. The molecule has 1 heterocycles. The molecule has 0 fully saturated rings. The fourth-order valence-corrected chi connectivity index (χ4v) is 0.471. The Balaban J connectivity index is 3.34. The number of hydrogen-bond acceptors (Lipinski definition) is 2. The number of rotatable bonds is 0. The summed E-state index contributed by atoms with van der Waals surface area (Å²) in [5, 5.41) is 0. The van der Waals surface area contributed by atoms with Crippen LogP contribution in [0.3, 0.4) is 0 Å². The highest BCUT2D eigenvalue weighted by atomic mass is 32.1. The highest BCUT2D eigenvalue weighted by molar-refractivity contribution is 7.71. The van der Waals surface area contributed by atoms with Gasteiger partial charge in [0.05, 0.1) is 7.70 Å². The van der Waals surface area contributed by atoms with Crippen molar-refractivity contribution in [1.29, 1.82) is 0 Å². The Morgan fingerprint density at radius 3 is 3.25 bits per heavy atom. The second kappa shape index (κ2) is 2.05. The molecule has 2 nitrogen and oxygen atoms in total. The minimum absolute atomic E-state index is 0.301. The van der Waals surface area contributed by atoms with Gasteiger partial charge in [0.25, 0.3) is 0 Å². The Labute approximate surface area is 54.2 Å². The maximum atomic E-state index is 7.17. The standard InChI is InChI=1S/C5H6N2S/c1-7-3-2-5(8)6-4-7/h2-4H,1H3/i2D. The van der Waals surface area contributed by atoms with Gasteiger partial charge < -0.3 is 4.57 Å². The van der Waals surface area contributed by atoms with E-state index in [1.165, 1.54) is 0 Å². The van der Waals surface area contributed by atoms with Crippen molar-refractivity contribution in [2.45, 2.75) is 0 Å². The summed E-state index contributed by atoms with van der Waals surface area (Å²) in [6.07, 6.45) is 3.20. The molecule has 1 aromatic heterocycles. The van der Waals surface area contributed by atoms with E-state index in [1.807, 2.05) is 0 Å². The van der Waals surface area contributed by atoms with E-state index in [1.54, 1.807) is 24.1 Å². The van der Waals surface area contributed by atoms with E-state index in [0.29, 0.717) is 10.7 Å². The lowest BCUT2D eigenvalue weighted by Gasteiger charge is -1.90. The third-order valence-corrected chi connectivity index (χ3v) is 0.972. The normalized spacial score (nSPS) is 10.9. The fourth-order valence-electron chi connectivity index (χ4n) is 0.371. The molecule has 0 bridgehead atoms. The maximum absolute atomic E-state index is 7.17. The van der Waals surface area contributed by atoms with E-state index in [-0.39, 0.29) is 0 Å². The second-order valence-electron chi connectivity index (χ2n) is 1.49. The molecule has 0 aliphatic heterocycles. The summed E-state index contributed by atoms with van der Waals surface area (Å²) in [5.74, 6) is 0. The van der Waals surface area contributed by atoms with Crippen LogP contribution in [0.1, 0.15) is 1.37 Å². The van der Waals surface area contributed by atoms with Gasteiger partial charge in [0.1, 0.15) is 4.64 Å². The SMILES string of the molecule is [2H]c1cn(C)cnc1=S. The first-order valence-electron chi connectivity index (χ1n) is 2.69. The number of aryl methyl sites for hydroxylation is 1. The summed E-state index contributed by atoms with van der Waals surface area (Å²) in [5.41, 5.74) is 0. The zero-order valence-electron chi connectivity index (χ0n) is 5.46. The van der Waals surface area contributed by atoms with Crippen molar-refractivity contribution >= 4 is 12.2 Å². The molecule has 0 aliphatic rings. The van der Waals surface area contributed by atoms with E-state index < -0.39 is 0 Å². The van der Waals surface area contributed by atoms with Gasteiger partial charge in [-0.05, 0) is 6.04 Å². The van der Waals surface area contributed by atoms with Gasteiger partial charge in [-0.25, -0.2) is 4.98 Å². The summed E-state index contributed by atoms with van der Waals surface area (Å²) in [7, 11) is 1.81. The summed E-state index contributed by atoms with van der Waals surface area (Å²) in [6.45, 7) is 0. The van der Waals surface area contributed by atoms with Crippen LogP contribution in [0.25, 0.3) is 0 Å². The highest BCUT2D eigenvalue weighted by Gasteiger charge is 1.74. The lowest BCUT2D eigenvalue weighted by Crippen LogP contribution is -1.88. The van der Waals surface area contributed by atoms with E-state index in [9.17, 15) is 0 Å². The Hall–Kier alpha value is -0.700. The quantitative estimate of drug-likeness (QED) is 0.486. The molecule has 0 saturated heterocycles. The lowest BCUT2D eigenvalue weighted by atomic mass is 10.7. The van der Waals surface area contributed by atoms with Crippen LogP contribution < -0.4 is 0 Å². The van der Waals surface area contributed by atoms with Crippen molar-refractivity contribution in [3.8, 4) is 0 Å². The summed E-state index contributed by atoms with van der Waals surface area (Å²) < 4.78 is 9.22. The zero-order valence-corrected chi connectivity index (χ0v) is 5.27. The number of aromatic nitrogens is 2. The summed E-state index contributed by atoms with van der Waals surface area (Å²) in [4.78, 5) is 3.77. The van der Waals surface area contributed by atoms with Crippen molar-refractivity contribution in [2.75, 3.05) is 0 Å². The molecule has 42 valence electrons. The van der Waals surface area contributed by atoms with Crippen molar-refractivity contribution in [2.24, 2.45) is 7.05 Å². The largest absolute Gasteiger partial charge is 0.342 e. The molecule has 0 N–H and O–H groups in total. The first kappa shape index (κ1) is 4.21. The predicted molar refractivity (Wildman–Crippen MR) is 34.0 cm³/mol. The molecule has 0 amide bonds. The van der Waals surface area contributed by atoms with Gasteiger partial charge in [0.15, 0.2) is 0 Å². The topological polar surface area (TPSA) is 17.8 Å². The van der Waals surface area contributed by atoms with Gasteiger partial charge in [-0.2, -0.15) is 0 Å². The molecule has 1 aromatic rings. The zero-order chi connectivity index (χ0) is 6.85. The van der Waals surface area contributed by atoms with Crippen molar-refractivity contribution < 1.29 is 1.37 Å². The molecular weight excluding hydrogens is 120 g/mol. The molecule has 0 radical (unpaired) electrons. The Kier molecular flexibility index (Phi) is 1.08. The maximum Gasteiger partial charge on any atom is 0.129 e. The predicted octanol–water partition coefficient (Wildman–Crippen LogP) is 1.15. The third-order valence-electron chi connectivity index (χ3n) is 0.749. The molecule has 0 spiro atoms. The molecule has 0 atom stereocenters. The smallest absolute Gasteiger partial charge is 0.129 e. The van der Waals surface area contributed by atoms with Crippen LogP contribution in [0.2, 0.25) is 0 Å². The van der Waals surface area contributed by atoms with Gasteiger partial charge in [-0.15, -0.1) is 0 Å². The van der Waals surface area contributed by atoms with Crippen LogP contribution in [0.15, 0.2) is 18.6 Å². The first-order valence-corrected chi connectivity index (χ1v) is 2.60. The summed E-state index contributed by atoms with van der Waals surface area (Å²) >= 11 is 4.70. The average Bonchev–Trinajstić information content (AvgIpc) is 1.80. The third kappa shape index (κ3) is 1.13.